The number of thioether (sulfide) groups is 1. The molecule has 1 aromatic carbocycles. The standard InChI is InChI=1S/C10H7FINO2S/c11-6-1-2-8(7(12)3-6)13-9(14)4-16-5-10(13)15/h1-3H,4-5H2. The summed E-state index contributed by atoms with van der Waals surface area (Å²) in [6.07, 6.45) is 0. The molecule has 84 valence electrons. The zero-order valence-electron chi connectivity index (χ0n) is 8.07. The largest absolute Gasteiger partial charge is 0.273 e. The molecular formula is C10H7FINO2S. The molecule has 1 aromatic rings. The fraction of sp³-hybridized carbons (Fsp3) is 0.200. The average molecular weight is 351 g/mol. The van der Waals surface area contributed by atoms with Crippen LogP contribution in [0.5, 0.6) is 0 Å². The van der Waals surface area contributed by atoms with Crippen molar-refractivity contribution in [1.29, 1.82) is 0 Å². The van der Waals surface area contributed by atoms with Gasteiger partial charge < -0.3 is 0 Å². The Morgan fingerprint density at radius 1 is 1.25 bits per heavy atom. The molecule has 1 aliphatic rings. The van der Waals surface area contributed by atoms with Gasteiger partial charge in [-0.25, -0.2) is 9.29 Å². The first-order valence-corrected chi connectivity index (χ1v) is 6.71. The topological polar surface area (TPSA) is 37.4 Å². The number of amides is 2. The molecule has 1 heterocycles. The van der Waals surface area contributed by atoms with Gasteiger partial charge in [-0.3, -0.25) is 9.59 Å². The molecule has 2 amide bonds. The number of rotatable bonds is 1. The van der Waals surface area contributed by atoms with Crippen LogP contribution in [0, 0.1) is 9.39 Å². The van der Waals surface area contributed by atoms with Gasteiger partial charge in [0.1, 0.15) is 5.82 Å². The Labute approximate surface area is 110 Å². The first-order valence-electron chi connectivity index (χ1n) is 4.48. The maximum atomic E-state index is 12.9. The van der Waals surface area contributed by atoms with Crippen LogP contribution in [0.1, 0.15) is 0 Å². The van der Waals surface area contributed by atoms with E-state index in [0.29, 0.717) is 20.8 Å². The van der Waals surface area contributed by atoms with Crippen LogP contribution in [0.25, 0.3) is 0 Å². The molecule has 0 radical (unpaired) electrons. The fourth-order valence-electron chi connectivity index (χ4n) is 1.43. The third-order valence-electron chi connectivity index (χ3n) is 2.10. The quantitative estimate of drug-likeness (QED) is 0.574. The molecular weight excluding hydrogens is 344 g/mol. The Kier molecular flexibility index (Phi) is 3.48. The van der Waals surface area contributed by atoms with Gasteiger partial charge in [0.2, 0.25) is 11.8 Å². The van der Waals surface area contributed by atoms with Gasteiger partial charge in [0.05, 0.1) is 17.2 Å². The van der Waals surface area contributed by atoms with E-state index in [0.717, 1.165) is 4.90 Å². The van der Waals surface area contributed by atoms with Crippen LogP contribution in [0.2, 0.25) is 0 Å². The number of hydrogen-bond acceptors (Lipinski definition) is 3. The van der Waals surface area contributed by atoms with E-state index in [1.165, 1.54) is 30.0 Å². The van der Waals surface area contributed by atoms with Crippen LogP contribution >= 0.6 is 34.4 Å². The van der Waals surface area contributed by atoms with Crippen molar-refractivity contribution in [2.24, 2.45) is 0 Å². The Hall–Kier alpha value is -0.630. The normalized spacial score (nSPS) is 16.8. The molecule has 16 heavy (non-hydrogen) atoms. The van der Waals surface area contributed by atoms with E-state index < -0.39 is 0 Å². The number of hydrogen-bond donors (Lipinski definition) is 0. The summed E-state index contributed by atoms with van der Waals surface area (Å²) in [5, 5.41) is 0. The molecule has 0 N–H and O–H groups in total. The van der Waals surface area contributed by atoms with E-state index in [4.69, 9.17) is 0 Å². The third kappa shape index (κ3) is 2.22. The van der Waals surface area contributed by atoms with E-state index in [-0.39, 0.29) is 17.6 Å². The van der Waals surface area contributed by atoms with Gasteiger partial charge in [-0.2, -0.15) is 0 Å². The molecule has 0 spiro atoms. The van der Waals surface area contributed by atoms with Crippen LogP contribution in [-0.4, -0.2) is 23.3 Å². The van der Waals surface area contributed by atoms with E-state index in [1.807, 2.05) is 22.6 Å². The second-order valence-electron chi connectivity index (χ2n) is 3.21. The summed E-state index contributed by atoms with van der Waals surface area (Å²) in [6, 6.07) is 4.01. The van der Waals surface area contributed by atoms with E-state index in [9.17, 15) is 14.0 Å². The predicted molar refractivity (Wildman–Crippen MR) is 68.9 cm³/mol. The second kappa shape index (κ2) is 4.70. The lowest BCUT2D eigenvalue weighted by molar-refractivity contribution is -0.124. The highest BCUT2D eigenvalue weighted by Gasteiger charge is 2.29. The van der Waals surface area contributed by atoms with E-state index >= 15 is 0 Å². The van der Waals surface area contributed by atoms with Gasteiger partial charge in [0.25, 0.3) is 0 Å². The van der Waals surface area contributed by atoms with Gasteiger partial charge in [-0.1, -0.05) is 0 Å². The zero-order valence-corrected chi connectivity index (χ0v) is 11.0. The van der Waals surface area contributed by atoms with Crippen molar-refractivity contribution >= 4 is 51.9 Å². The second-order valence-corrected chi connectivity index (χ2v) is 5.36. The molecule has 1 fully saturated rings. The van der Waals surface area contributed by atoms with Gasteiger partial charge in [0.15, 0.2) is 0 Å². The first-order chi connectivity index (χ1) is 7.59. The van der Waals surface area contributed by atoms with Crippen molar-refractivity contribution < 1.29 is 14.0 Å². The minimum Gasteiger partial charge on any atom is -0.273 e. The van der Waals surface area contributed by atoms with Crippen molar-refractivity contribution in [3.63, 3.8) is 0 Å². The summed E-state index contributed by atoms with van der Waals surface area (Å²) in [7, 11) is 0. The van der Waals surface area contributed by atoms with Crippen molar-refractivity contribution in [3.8, 4) is 0 Å². The summed E-state index contributed by atoms with van der Waals surface area (Å²) in [5.41, 5.74) is 0.470. The summed E-state index contributed by atoms with van der Waals surface area (Å²) >= 11 is 3.22. The number of imide groups is 1. The lowest BCUT2D eigenvalue weighted by Gasteiger charge is -2.25. The number of nitrogens with zero attached hydrogens (tertiary/aromatic N) is 1. The molecule has 0 saturated carbocycles. The van der Waals surface area contributed by atoms with E-state index in [1.54, 1.807) is 0 Å². The highest BCUT2D eigenvalue weighted by molar-refractivity contribution is 14.1. The third-order valence-corrected chi connectivity index (χ3v) is 3.87. The number of carbonyl (C=O) groups is 2. The molecule has 2 rings (SSSR count). The molecule has 6 heteroatoms. The monoisotopic (exact) mass is 351 g/mol. The van der Waals surface area contributed by atoms with Crippen LogP contribution in [-0.2, 0) is 9.59 Å². The predicted octanol–water partition coefficient (Wildman–Crippen LogP) is 2.04. The molecule has 0 bridgehead atoms. The van der Waals surface area contributed by atoms with Gasteiger partial charge in [-0.15, -0.1) is 11.8 Å². The van der Waals surface area contributed by atoms with Crippen LogP contribution in [0.3, 0.4) is 0 Å². The Morgan fingerprint density at radius 3 is 2.44 bits per heavy atom. The molecule has 1 aliphatic heterocycles. The van der Waals surface area contributed by atoms with Gasteiger partial charge in [0, 0.05) is 3.57 Å². The van der Waals surface area contributed by atoms with Crippen molar-refractivity contribution in [2.45, 2.75) is 0 Å². The molecule has 1 saturated heterocycles. The first kappa shape index (κ1) is 11.8. The zero-order chi connectivity index (χ0) is 11.7. The minimum atomic E-state index is -0.376. The van der Waals surface area contributed by atoms with Crippen LogP contribution in [0.15, 0.2) is 18.2 Å². The highest BCUT2D eigenvalue weighted by atomic mass is 127. The molecule has 0 aliphatic carbocycles. The van der Waals surface area contributed by atoms with E-state index in [2.05, 4.69) is 0 Å². The SMILES string of the molecule is O=C1CSCC(=O)N1c1ccc(F)cc1I. The maximum Gasteiger partial charge on any atom is 0.243 e. The highest BCUT2D eigenvalue weighted by Crippen LogP contribution is 2.27. The lowest BCUT2D eigenvalue weighted by atomic mass is 10.2. The van der Waals surface area contributed by atoms with Crippen LogP contribution < -0.4 is 4.90 Å². The maximum absolute atomic E-state index is 12.9. The average Bonchev–Trinajstić information content (AvgIpc) is 2.20. The summed E-state index contributed by atoms with van der Waals surface area (Å²) in [5.74, 6) is -0.283. The lowest BCUT2D eigenvalue weighted by Crippen LogP contribution is -2.43. The van der Waals surface area contributed by atoms with Gasteiger partial charge in [-0.05, 0) is 40.8 Å². The summed E-state index contributed by atoms with van der Waals surface area (Å²) in [6.45, 7) is 0. The van der Waals surface area contributed by atoms with Crippen molar-refractivity contribution in [2.75, 3.05) is 16.4 Å². The smallest absolute Gasteiger partial charge is 0.243 e. The van der Waals surface area contributed by atoms with Crippen molar-refractivity contribution in [1.82, 2.24) is 0 Å². The van der Waals surface area contributed by atoms with Crippen molar-refractivity contribution in [3.05, 3.63) is 27.6 Å². The summed E-state index contributed by atoms with van der Waals surface area (Å²) < 4.78 is 13.5. The molecule has 0 aromatic heterocycles. The molecule has 0 unspecified atom stereocenters. The minimum absolute atomic E-state index is 0.245. The Balaban J connectivity index is 2.42. The number of carbonyl (C=O) groups excluding carboxylic acids is 2. The number of benzene rings is 1. The number of anilines is 1. The Morgan fingerprint density at radius 2 is 1.88 bits per heavy atom. The Bertz CT molecular complexity index is 450. The number of halogens is 2. The van der Waals surface area contributed by atoms with Gasteiger partial charge >= 0.3 is 0 Å². The van der Waals surface area contributed by atoms with Crippen LogP contribution in [0.4, 0.5) is 10.1 Å². The fourth-order valence-corrected chi connectivity index (χ4v) is 2.85. The molecule has 0 atom stereocenters. The molecule has 3 nitrogen and oxygen atoms in total. The summed E-state index contributed by atoms with van der Waals surface area (Å²) in [4.78, 5) is 24.4.